The minimum atomic E-state index is -3.49. The van der Waals surface area contributed by atoms with Crippen molar-refractivity contribution in [3.8, 4) is 11.5 Å². The van der Waals surface area contributed by atoms with E-state index in [1.165, 1.54) is 0 Å². The molecule has 1 heterocycles. The molecule has 1 aliphatic rings. The van der Waals surface area contributed by atoms with E-state index >= 15 is 0 Å². The number of benzene rings is 2. The van der Waals surface area contributed by atoms with Crippen LogP contribution >= 0.6 is 0 Å². The van der Waals surface area contributed by atoms with Gasteiger partial charge in [0.05, 0.1) is 0 Å². The summed E-state index contributed by atoms with van der Waals surface area (Å²) in [4.78, 5) is 0. The molecule has 22 heavy (non-hydrogen) atoms. The molecule has 0 atom stereocenters. The van der Waals surface area contributed by atoms with Crippen molar-refractivity contribution < 1.29 is 17.9 Å². The van der Waals surface area contributed by atoms with Gasteiger partial charge in [0.25, 0.3) is 0 Å². The van der Waals surface area contributed by atoms with E-state index in [1.807, 2.05) is 30.3 Å². The molecule has 0 amide bonds. The highest BCUT2D eigenvalue weighted by Crippen LogP contribution is 2.32. The van der Waals surface area contributed by atoms with Gasteiger partial charge >= 0.3 is 0 Å². The van der Waals surface area contributed by atoms with E-state index < -0.39 is 10.0 Å². The third-order valence-electron chi connectivity index (χ3n) is 3.15. The van der Waals surface area contributed by atoms with E-state index in [-0.39, 0.29) is 13.3 Å². The number of ether oxygens (including phenoxy) is 2. The topological polar surface area (TPSA) is 64.6 Å². The lowest BCUT2D eigenvalue weighted by molar-refractivity contribution is 0.174. The maximum Gasteiger partial charge on any atom is 0.234 e. The number of rotatable bonds is 5. The molecule has 3 rings (SSSR count). The summed E-state index contributed by atoms with van der Waals surface area (Å²) in [5.41, 5.74) is 1.64. The van der Waals surface area contributed by atoms with Crippen LogP contribution in [0.3, 0.4) is 0 Å². The number of fused-ring (bicyclic) bond motifs is 1. The summed E-state index contributed by atoms with van der Waals surface area (Å²) in [5.74, 6) is 1.31. The molecule has 0 unspecified atom stereocenters. The molecule has 0 radical (unpaired) electrons. The molecular formula is C16H15NO4S. The van der Waals surface area contributed by atoms with Gasteiger partial charge in [-0.15, -0.1) is 0 Å². The Hall–Kier alpha value is -2.31. The summed E-state index contributed by atoms with van der Waals surface area (Å²) >= 11 is 0. The fourth-order valence-electron chi connectivity index (χ4n) is 2.02. The Morgan fingerprint density at radius 1 is 1.05 bits per heavy atom. The zero-order chi connectivity index (χ0) is 15.4. The molecule has 0 fully saturated rings. The molecule has 6 heteroatoms. The molecule has 5 nitrogen and oxygen atoms in total. The molecule has 0 saturated carbocycles. The van der Waals surface area contributed by atoms with Crippen molar-refractivity contribution in [2.24, 2.45) is 0 Å². The highest BCUT2D eigenvalue weighted by molar-refractivity contribution is 7.92. The van der Waals surface area contributed by atoms with Gasteiger partial charge in [0.1, 0.15) is 0 Å². The molecule has 0 aromatic heterocycles. The first-order chi connectivity index (χ1) is 10.6. The first kappa shape index (κ1) is 14.6. The second kappa shape index (κ2) is 6.21. The van der Waals surface area contributed by atoms with Gasteiger partial charge in [0.2, 0.25) is 16.8 Å². The Balaban J connectivity index is 1.64. The van der Waals surface area contributed by atoms with Crippen LogP contribution < -0.4 is 14.2 Å². The van der Waals surface area contributed by atoms with Crippen LogP contribution in [0.2, 0.25) is 0 Å². The summed E-state index contributed by atoms with van der Waals surface area (Å²) in [7, 11) is -3.49. The summed E-state index contributed by atoms with van der Waals surface area (Å²) < 4.78 is 36.9. The van der Waals surface area contributed by atoms with Crippen molar-refractivity contribution in [2.75, 3.05) is 6.79 Å². The van der Waals surface area contributed by atoms with Crippen LogP contribution in [0.1, 0.15) is 11.1 Å². The van der Waals surface area contributed by atoms with Crippen LogP contribution in [-0.4, -0.2) is 15.2 Å². The highest BCUT2D eigenvalue weighted by atomic mass is 32.2. The van der Waals surface area contributed by atoms with Crippen molar-refractivity contribution in [3.05, 3.63) is 65.1 Å². The van der Waals surface area contributed by atoms with Gasteiger partial charge in [-0.2, -0.15) is 0 Å². The van der Waals surface area contributed by atoms with Gasteiger partial charge in [-0.1, -0.05) is 36.4 Å². The molecule has 0 saturated heterocycles. The minimum absolute atomic E-state index is 0.193. The van der Waals surface area contributed by atoms with E-state index in [4.69, 9.17) is 9.47 Å². The molecule has 1 aliphatic heterocycles. The standard InChI is InChI=1S/C16H15NO4S/c18-22(19,9-8-13-4-2-1-3-5-13)17-11-14-6-7-15-16(10-14)21-12-20-15/h1-10,17H,11-12H2/b9-8+. The average Bonchev–Trinajstić information content (AvgIpc) is 3.00. The van der Waals surface area contributed by atoms with Gasteiger partial charge in [-0.25, -0.2) is 13.1 Å². The predicted octanol–water partition coefficient (Wildman–Crippen LogP) is 2.51. The van der Waals surface area contributed by atoms with Crippen molar-refractivity contribution >= 4 is 16.1 Å². The van der Waals surface area contributed by atoms with Crippen LogP contribution in [-0.2, 0) is 16.6 Å². The van der Waals surface area contributed by atoms with E-state index in [0.717, 1.165) is 16.5 Å². The third-order valence-corrected chi connectivity index (χ3v) is 4.19. The molecule has 1 N–H and O–H groups in total. The van der Waals surface area contributed by atoms with E-state index in [2.05, 4.69) is 4.72 Å². The highest BCUT2D eigenvalue weighted by Gasteiger charge is 2.13. The van der Waals surface area contributed by atoms with E-state index in [0.29, 0.717) is 11.5 Å². The van der Waals surface area contributed by atoms with Crippen LogP contribution in [0.4, 0.5) is 0 Å². The number of hydrogen-bond acceptors (Lipinski definition) is 4. The summed E-state index contributed by atoms with van der Waals surface area (Å²) in [5, 5.41) is 1.16. The molecule has 0 bridgehead atoms. The fourth-order valence-corrected chi connectivity index (χ4v) is 2.82. The van der Waals surface area contributed by atoms with Gasteiger partial charge in [0.15, 0.2) is 11.5 Å². The molecule has 2 aromatic rings. The van der Waals surface area contributed by atoms with Gasteiger partial charge in [-0.3, -0.25) is 0 Å². The first-order valence-electron chi connectivity index (χ1n) is 6.74. The normalized spacial score (nSPS) is 13.6. The molecule has 0 aliphatic carbocycles. The first-order valence-corrected chi connectivity index (χ1v) is 8.28. The quantitative estimate of drug-likeness (QED) is 0.920. The van der Waals surface area contributed by atoms with Gasteiger partial charge in [-0.05, 0) is 29.3 Å². The SMILES string of the molecule is O=S(=O)(/C=C/c1ccccc1)NCc1ccc2c(c1)OCO2. The maximum absolute atomic E-state index is 12.0. The third kappa shape index (κ3) is 3.66. The Morgan fingerprint density at radius 2 is 1.82 bits per heavy atom. The second-order valence-corrected chi connectivity index (χ2v) is 6.42. The monoisotopic (exact) mass is 317 g/mol. The van der Waals surface area contributed by atoms with Crippen molar-refractivity contribution in [3.63, 3.8) is 0 Å². The maximum atomic E-state index is 12.0. The number of nitrogens with one attached hydrogen (secondary N) is 1. The van der Waals surface area contributed by atoms with Crippen LogP contribution in [0.15, 0.2) is 53.9 Å². The number of hydrogen-bond donors (Lipinski definition) is 1. The Labute approximate surface area is 129 Å². The average molecular weight is 317 g/mol. The summed E-state index contributed by atoms with van der Waals surface area (Å²) in [6.07, 6.45) is 1.56. The van der Waals surface area contributed by atoms with Crippen molar-refractivity contribution in [2.45, 2.75) is 6.54 Å². The summed E-state index contributed by atoms with van der Waals surface area (Å²) in [6, 6.07) is 14.6. The van der Waals surface area contributed by atoms with Crippen molar-refractivity contribution in [1.82, 2.24) is 4.72 Å². The lowest BCUT2D eigenvalue weighted by atomic mass is 10.2. The van der Waals surface area contributed by atoms with Crippen LogP contribution in [0, 0.1) is 0 Å². The lowest BCUT2D eigenvalue weighted by Gasteiger charge is -2.04. The number of sulfonamides is 1. The molecule has 0 spiro atoms. The lowest BCUT2D eigenvalue weighted by Crippen LogP contribution is -2.20. The van der Waals surface area contributed by atoms with Gasteiger partial charge in [0, 0.05) is 12.0 Å². The summed E-state index contributed by atoms with van der Waals surface area (Å²) in [6.45, 7) is 0.391. The zero-order valence-electron chi connectivity index (χ0n) is 11.7. The molecular weight excluding hydrogens is 302 g/mol. The van der Waals surface area contributed by atoms with Crippen LogP contribution in [0.25, 0.3) is 6.08 Å². The predicted molar refractivity (Wildman–Crippen MR) is 83.8 cm³/mol. The Bertz CT molecular complexity index is 785. The second-order valence-electron chi connectivity index (χ2n) is 4.77. The molecule has 114 valence electrons. The largest absolute Gasteiger partial charge is 0.454 e. The minimum Gasteiger partial charge on any atom is -0.454 e. The zero-order valence-corrected chi connectivity index (χ0v) is 12.5. The van der Waals surface area contributed by atoms with E-state index in [1.54, 1.807) is 24.3 Å². The van der Waals surface area contributed by atoms with E-state index in [9.17, 15) is 8.42 Å². The van der Waals surface area contributed by atoms with Gasteiger partial charge < -0.3 is 9.47 Å². The Morgan fingerprint density at radius 3 is 2.64 bits per heavy atom. The Kier molecular flexibility index (Phi) is 4.13. The van der Waals surface area contributed by atoms with Crippen molar-refractivity contribution in [1.29, 1.82) is 0 Å². The fraction of sp³-hybridized carbons (Fsp3) is 0.125. The smallest absolute Gasteiger partial charge is 0.234 e. The van der Waals surface area contributed by atoms with Crippen LogP contribution in [0.5, 0.6) is 11.5 Å². The molecule has 2 aromatic carbocycles.